The molecule has 2 amide bonds. The molecule has 0 bridgehead atoms. The lowest BCUT2D eigenvalue weighted by molar-refractivity contribution is -0.0328. The second kappa shape index (κ2) is 7.41. The topological polar surface area (TPSA) is 58.2 Å². The van der Waals surface area contributed by atoms with Crippen LogP contribution in [-0.4, -0.2) is 23.4 Å². The summed E-state index contributed by atoms with van der Waals surface area (Å²) >= 11 is -0.242. The van der Waals surface area contributed by atoms with E-state index in [0.717, 1.165) is 12.8 Å². The number of amides is 2. The number of rotatable bonds is 5. The summed E-state index contributed by atoms with van der Waals surface area (Å²) in [4.78, 5) is 24.6. The number of nitrogens with one attached hydrogen (secondary N) is 2. The molecule has 2 N–H and O–H groups in total. The first-order valence-electron chi connectivity index (χ1n) is 7.89. The van der Waals surface area contributed by atoms with E-state index in [-0.39, 0.29) is 34.2 Å². The first kappa shape index (κ1) is 18.3. The van der Waals surface area contributed by atoms with Gasteiger partial charge in [-0.25, -0.2) is 0 Å². The minimum absolute atomic E-state index is 0.00161. The molecular weight excluding hydrogens is 365 g/mol. The molecule has 8 heteroatoms. The molecule has 0 aliphatic heterocycles. The molecule has 1 aliphatic carbocycles. The number of carbonyl (C=O) groups is 2. The van der Waals surface area contributed by atoms with Crippen molar-refractivity contribution in [3.63, 3.8) is 0 Å². The van der Waals surface area contributed by atoms with Gasteiger partial charge in [-0.15, -0.1) is 0 Å². The number of halogens is 3. The predicted octanol–water partition coefficient (Wildman–Crippen LogP) is 4.44. The summed E-state index contributed by atoms with van der Waals surface area (Å²) < 4.78 is 37.0. The Hall–Kier alpha value is -2.48. The van der Waals surface area contributed by atoms with Crippen molar-refractivity contribution in [2.24, 2.45) is 0 Å². The van der Waals surface area contributed by atoms with E-state index >= 15 is 0 Å². The maximum absolute atomic E-state index is 12.3. The molecule has 4 nitrogen and oxygen atoms in total. The fraction of sp³-hybridized carbons (Fsp3) is 0.222. The van der Waals surface area contributed by atoms with Crippen molar-refractivity contribution >= 4 is 29.3 Å². The number of alkyl halides is 3. The zero-order valence-electron chi connectivity index (χ0n) is 13.5. The Labute approximate surface area is 152 Å². The van der Waals surface area contributed by atoms with Gasteiger partial charge in [0.15, 0.2) is 0 Å². The summed E-state index contributed by atoms with van der Waals surface area (Å²) in [5, 5.41) is 5.49. The van der Waals surface area contributed by atoms with Gasteiger partial charge in [0.25, 0.3) is 11.8 Å². The van der Waals surface area contributed by atoms with E-state index < -0.39 is 11.4 Å². The van der Waals surface area contributed by atoms with Gasteiger partial charge in [-0.1, -0.05) is 12.1 Å². The molecular formula is C18H15F3N2O2S. The van der Waals surface area contributed by atoms with Crippen molar-refractivity contribution in [2.45, 2.75) is 29.3 Å². The Balaban J connectivity index is 1.70. The van der Waals surface area contributed by atoms with Crippen LogP contribution in [0.2, 0.25) is 0 Å². The number of hydrogen-bond donors (Lipinski definition) is 2. The van der Waals surface area contributed by atoms with Gasteiger partial charge in [0.05, 0.1) is 11.3 Å². The average Bonchev–Trinajstić information content (AvgIpc) is 3.38. The van der Waals surface area contributed by atoms with Gasteiger partial charge in [0.2, 0.25) is 0 Å². The highest BCUT2D eigenvalue weighted by molar-refractivity contribution is 8.00. The Morgan fingerprint density at radius 1 is 0.962 bits per heavy atom. The minimum Gasteiger partial charge on any atom is -0.349 e. The molecule has 0 saturated heterocycles. The molecule has 26 heavy (non-hydrogen) atoms. The molecule has 0 unspecified atom stereocenters. The molecule has 1 fully saturated rings. The molecule has 136 valence electrons. The van der Waals surface area contributed by atoms with Gasteiger partial charge < -0.3 is 10.6 Å². The number of hydrogen-bond acceptors (Lipinski definition) is 3. The smallest absolute Gasteiger partial charge is 0.349 e. The van der Waals surface area contributed by atoms with E-state index in [1.165, 1.54) is 24.3 Å². The predicted molar refractivity (Wildman–Crippen MR) is 93.2 cm³/mol. The SMILES string of the molecule is O=C(Nc1ccccc1C(=O)NC1CC1)c1ccc(SC(F)(F)F)cc1. The number of thioether (sulfide) groups is 1. The number of benzene rings is 2. The summed E-state index contributed by atoms with van der Waals surface area (Å²) in [5.74, 6) is -0.763. The third-order valence-corrected chi connectivity index (χ3v) is 4.42. The molecule has 0 heterocycles. The van der Waals surface area contributed by atoms with Crippen LogP contribution < -0.4 is 10.6 Å². The van der Waals surface area contributed by atoms with Crippen LogP contribution >= 0.6 is 11.8 Å². The van der Waals surface area contributed by atoms with E-state index in [2.05, 4.69) is 10.6 Å². The Morgan fingerprint density at radius 2 is 1.62 bits per heavy atom. The molecule has 2 aromatic rings. The first-order chi connectivity index (χ1) is 12.3. The quantitative estimate of drug-likeness (QED) is 0.754. The van der Waals surface area contributed by atoms with Crippen LogP contribution in [0.15, 0.2) is 53.4 Å². The molecule has 1 saturated carbocycles. The summed E-state index contributed by atoms with van der Waals surface area (Å²) in [5.41, 5.74) is -3.48. The first-order valence-corrected chi connectivity index (χ1v) is 8.70. The zero-order valence-corrected chi connectivity index (χ0v) is 14.3. The maximum Gasteiger partial charge on any atom is 0.446 e. The van der Waals surface area contributed by atoms with Crippen molar-refractivity contribution in [3.05, 3.63) is 59.7 Å². The van der Waals surface area contributed by atoms with E-state index in [0.29, 0.717) is 11.3 Å². The van der Waals surface area contributed by atoms with E-state index in [1.807, 2.05) is 0 Å². The van der Waals surface area contributed by atoms with Crippen LogP contribution in [0.3, 0.4) is 0 Å². The second-order valence-electron chi connectivity index (χ2n) is 5.82. The van der Waals surface area contributed by atoms with E-state index in [1.54, 1.807) is 24.3 Å². The third kappa shape index (κ3) is 5.01. The number of anilines is 1. The summed E-state index contributed by atoms with van der Waals surface area (Å²) in [6.45, 7) is 0. The van der Waals surface area contributed by atoms with Crippen LogP contribution in [0.5, 0.6) is 0 Å². The Bertz CT molecular complexity index is 818. The third-order valence-electron chi connectivity index (χ3n) is 3.68. The monoisotopic (exact) mass is 380 g/mol. The molecule has 2 aromatic carbocycles. The van der Waals surface area contributed by atoms with Crippen molar-refractivity contribution in [1.82, 2.24) is 5.32 Å². The van der Waals surface area contributed by atoms with Crippen molar-refractivity contribution in [2.75, 3.05) is 5.32 Å². The zero-order chi connectivity index (χ0) is 18.7. The molecule has 3 rings (SSSR count). The lowest BCUT2D eigenvalue weighted by Crippen LogP contribution is -2.27. The van der Waals surface area contributed by atoms with Crippen LogP contribution in [0.1, 0.15) is 33.6 Å². The highest BCUT2D eigenvalue weighted by Crippen LogP contribution is 2.36. The maximum atomic E-state index is 12.3. The van der Waals surface area contributed by atoms with Crippen molar-refractivity contribution < 1.29 is 22.8 Å². The minimum atomic E-state index is -4.38. The summed E-state index contributed by atoms with van der Waals surface area (Å²) in [6.07, 6.45) is 1.89. The van der Waals surface area contributed by atoms with Crippen molar-refractivity contribution in [1.29, 1.82) is 0 Å². The largest absolute Gasteiger partial charge is 0.446 e. The van der Waals surface area contributed by atoms with Gasteiger partial charge in [-0.05, 0) is 61.0 Å². The van der Waals surface area contributed by atoms with Crippen LogP contribution in [-0.2, 0) is 0 Å². The van der Waals surface area contributed by atoms with Gasteiger partial charge in [-0.3, -0.25) is 9.59 Å². The lowest BCUT2D eigenvalue weighted by atomic mass is 10.1. The highest BCUT2D eigenvalue weighted by Gasteiger charge is 2.29. The fourth-order valence-electron chi connectivity index (χ4n) is 2.28. The van der Waals surface area contributed by atoms with Crippen LogP contribution in [0, 0.1) is 0 Å². The molecule has 0 radical (unpaired) electrons. The highest BCUT2D eigenvalue weighted by atomic mass is 32.2. The summed E-state index contributed by atoms with van der Waals surface area (Å²) in [7, 11) is 0. The molecule has 0 spiro atoms. The Morgan fingerprint density at radius 3 is 2.23 bits per heavy atom. The van der Waals surface area contributed by atoms with Gasteiger partial charge >= 0.3 is 5.51 Å². The average molecular weight is 380 g/mol. The Kier molecular flexibility index (Phi) is 5.22. The second-order valence-corrected chi connectivity index (χ2v) is 6.96. The van der Waals surface area contributed by atoms with Gasteiger partial charge in [0, 0.05) is 16.5 Å². The molecule has 0 atom stereocenters. The standard InChI is InChI=1S/C18H15F3N2O2S/c19-18(20,21)26-13-9-5-11(6-10-13)16(24)23-15-4-2-1-3-14(15)17(25)22-12-7-8-12/h1-6,9-10,12H,7-8H2,(H,22,25)(H,23,24). The van der Waals surface area contributed by atoms with E-state index in [4.69, 9.17) is 0 Å². The van der Waals surface area contributed by atoms with Crippen LogP contribution in [0.25, 0.3) is 0 Å². The molecule has 0 aromatic heterocycles. The fourth-order valence-corrected chi connectivity index (χ4v) is 2.82. The normalized spacial score (nSPS) is 14.0. The van der Waals surface area contributed by atoms with E-state index in [9.17, 15) is 22.8 Å². The number of carbonyl (C=O) groups excluding carboxylic acids is 2. The number of para-hydroxylation sites is 1. The van der Waals surface area contributed by atoms with Gasteiger partial charge in [-0.2, -0.15) is 13.2 Å². The summed E-state index contributed by atoms with van der Waals surface area (Å²) in [6, 6.07) is 11.9. The van der Waals surface area contributed by atoms with Crippen LogP contribution in [0.4, 0.5) is 18.9 Å². The van der Waals surface area contributed by atoms with Crippen molar-refractivity contribution in [3.8, 4) is 0 Å². The lowest BCUT2D eigenvalue weighted by Gasteiger charge is -2.11. The van der Waals surface area contributed by atoms with Gasteiger partial charge in [0.1, 0.15) is 0 Å². The molecule has 1 aliphatic rings.